The van der Waals surface area contributed by atoms with Gasteiger partial charge in [-0.2, -0.15) is 0 Å². The van der Waals surface area contributed by atoms with E-state index in [0.29, 0.717) is 0 Å². The lowest BCUT2D eigenvalue weighted by Gasteiger charge is -2.38. The zero-order valence-electron chi connectivity index (χ0n) is 11.4. The first-order valence-electron chi connectivity index (χ1n) is 6.04. The Kier molecular flexibility index (Phi) is 4.74. The van der Waals surface area contributed by atoms with E-state index in [4.69, 9.17) is 4.65 Å². The number of rotatable bonds is 5. The Balaban J connectivity index is 2.62. The summed E-state index contributed by atoms with van der Waals surface area (Å²) in [5.41, 5.74) is -0.886. The maximum atomic E-state index is 9.92. The van der Waals surface area contributed by atoms with Crippen molar-refractivity contribution < 1.29 is 14.8 Å². The Morgan fingerprint density at radius 2 is 1.67 bits per heavy atom. The Hall–Kier alpha value is -1.10. The van der Waals surface area contributed by atoms with Crippen molar-refractivity contribution in [2.75, 3.05) is 0 Å². The molecular formula is C14H21BO3. The molecule has 0 aliphatic rings. The molecule has 3 nitrogen and oxygen atoms in total. The summed E-state index contributed by atoms with van der Waals surface area (Å²) in [6, 6.07) is 9.65. The molecule has 0 saturated carbocycles. The van der Waals surface area contributed by atoms with Crippen molar-refractivity contribution in [3.8, 4) is 0 Å². The van der Waals surface area contributed by atoms with Gasteiger partial charge in [-0.3, -0.25) is 0 Å². The highest BCUT2D eigenvalue weighted by molar-refractivity contribution is 6.50. The second-order valence-electron chi connectivity index (χ2n) is 5.35. The molecule has 0 saturated heterocycles. The zero-order chi connectivity index (χ0) is 13.8. The zero-order valence-corrected chi connectivity index (χ0v) is 11.4. The Bertz CT molecular complexity index is 393. The fraction of sp³-hybridized carbons (Fsp3) is 0.429. The maximum Gasteiger partial charge on any atom is 0.483 e. The van der Waals surface area contributed by atoms with Crippen molar-refractivity contribution in [3.63, 3.8) is 0 Å². The molecule has 0 atom stereocenters. The molecule has 2 N–H and O–H groups in total. The average Bonchev–Trinajstić information content (AvgIpc) is 2.26. The minimum absolute atomic E-state index is 0.840. The minimum atomic E-state index is -1.05. The monoisotopic (exact) mass is 248 g/mol. The third-order valence-corrected chi connectivity index (χ3v) is 3.14. The van der Waals surface area contributed by atoms with Crippen LogP contribution in [0.4, 0.5) is 0 Å². The first kappa shape index (κ1) is 15.0. The second kappa shape index (κ2) is 5.70. The van der Waals surface area contributed by atoms with Crippen molar-refractivity contribution in [1.29, 1.82) is 0 Å². The van der Waals surface area contributed by atoms with E-state index in [-0.39, 0.29) is 0 Å². The van der Waals surface area contributed by atoms with Crippen LogP contribution in [0.1, 0.15) is 33.3 Å². The summed E-state index contributed by atoms with van der Waals surface area (Å²) >= 11 is 0. The molecule has 0 bridgehead atoms. The predicted molar refractivity (Wildman–Crippen MR) is 74.9 cm³/mol. The normalized spacial score (nSPS) is 13.0. The van der Waals surface area contributed by atoms with Gasteiger partial charge < -0.3 is 14.8 Å². The fourth-order valence-corrected chi connectivity index (χ4v) is 1.24. The quantitative estimate of drug-likeness (QED) is 0.786. The van der Waals surface area contributed by atoms with Crippen LogP contribution in [0.25, 0.3) is 6.08 Å². The first-order valence-corrected chi connectivity index (χ1v) is 6.04. The van der Waals surface area contributed by atoms with Crippen molar-refractivity contribution in [2.24, 2.45) is 0 Å². The third-order valence-electron chi connectivity index (χ3n) is 3.14. The van der Waals surface area contributed by atoms with Gasteiger partial charge in [0.1, 0.15) is 0 Å². The van der Waals surface area contributed by atoms with Gasteiger partial charge in [-0.05, 0) is 33.3 Å². The lowest BCUT2D eigenvalue weighted by Crippen LogP contribution is -2.50. The summed E-state index contributed by atoms with van der Waals surface area (Å²) < 4.78 is 5.44. The summed E-state index contributed by atoms with van der Waals surface area (Å²) in [6.45, 7) is 6.79. The average molecular weight is 248 g/mol. The molecule has 18 heavy (non-hydrogen) atoms. The fourth-order valence-electron chi connectivity index (χ4n) is 1.24. The van der Waals surface area contributed by atoms with Crippen LogP contribution < -0.4 is 0 Å². The van der Waals surface area contributed by atoms with E-state index in [1.807, 2.05) is 30.3 Å². The lowest BCUT2D eigenvalue weighted by atomic mass is 9.82. The molecule has 98 valence electrons. The van der Waals surface area contributed by atoms with Crippen molar-refractivity contribution in [2.45, 2.75) is 38.9 Å². The van der Waals surface area contributed by atoms with E-state index in [1.165, 1.54) is 0 Å². The summed E-state index contributed by atoms with van der Waals surface area (Å²) in [6.07, 6.45) is 1.78. The van der Waals surface area contributed by atoms with Gasteiger partial charge in [0.25, 0.3) is 0 Å². The van der Waals surface area contributed by atoms with Gasteiger partial charge in [0.2, 0.25) is 0 Å². The SMILES string of the molecule is CC(C)(O)C(C)(C)OB(O)C=Cc1ccccc1. The van der Waals surface area contributed by atoms with Crippen LogP contribution in [0.5, 0.6) is 0 Å². The summed E-state index contributed by atoms with van der Waals surface area (Å²) in [5, 5.41) is 19.7. The lowest BCUT2D eigenvalue weighted by molar-refractivity contribution is -0.0984. The summed E-state index contributed by atoms with van der Waals surface area (Å²) in [4.78, 5) is 0. The molecule has 0 amide bonds. The minimum Gasteiger partial charge on any atom is -0.423 e. The topological polar surface area (TPSA) is 49.7 Å². The Morgan fingerprint density at radius 3 is 2.17 bits per heavy atom. The highest BCUT2D eigenvalue weighted by atomic mass is 16.5. The van der Waals surface area contributed by atoms with Crippen LogP contribution in [0.3, 0.4) is 0 Å². The molecule has 0 heterocycles. The van der Waals surface area contributed by atoms with Crippen molar-refractivity contribution >= 4 is 13.2 Å². The van der Waals surface area contributed by atoms with Crippen LogP contribution in [-0.2, 0) is 4.65 Å². The molecule has 0 aliphatic heterocycles. The smallest absolute Gasteiger partial charge is 0.423 e. The largest absolute Gasteiger partial charge is 0.483 e. The van der Waals surface area contributed by atoms with E-state index in [0.717, 1.165) is 5.56 Å². The number of benzene rings is 1. The Labute approximate surface area is 109 Å². The highest BCUT2D eigenvalue weighted by Gasteiger charge is 2.38. The number of hydrogen-bond acceptors (Lipinski definition) is 3. The van der Waals surface area contributed by atoms with Gasteiger partial charge in [-0.15, -0.1) is 0 Å². The van der Waals surface area contributed by atoms with E-state index in [9.17, 15) is 10.1 Å². The van der Waals surface area contributed by atoms with Crippen molar-refractivity contribution in [3.05, 3.63) is 41.9 Å². The molecule has 0 radical (unpaired) electrons. The molecule has 0 unspecified atom stereocenters. The second-order valence-corrected chi connectivity index (χ2v) is 5.35. The van der Waals surface area contributed by atoms with E-state index in [1.54, 1.807) is 39.7 Å². The van der Waals surface area contributed by atoms with E-state index < -0.39 is 18.3 Å². The number of hydrogen-bond donors (Lipinski definition) is 2. The van der Waals surface area contributed by atoms with E-state index in [2.05, 4.69) is 0 Å². The molecule has 0 spiro atoms. The van der Waals surface area contributed by atoms with Crippen LogP contribution in [0.2, 0.25) is 0 Å². The van der Waals surface area contributed by atoms with Gasteiger partial charge in [0.15, 0.2) is 0 Å². The molecular weight excluding hydrogens is 227 g/mol. The van der Waals surface area contributed by atoms with Crippen LogP contribution in [0, 0.1) is 0 Å². The van der Waals surface area contributed by atoms with Crippen LogP contribution in [-0.4, -0.2) is 28.5 Å². The van der Waals surface area contributed by atoms with Gasteiger partial charge in [-0.25, -0.2) is 0 Å². The molecule has 0 aromatic heterocycles. The molecule has 1 aromatic carbocycles. The van der Waals surface area contributed by atoms with Crippen LogP contribution >= 0.6 is 0 Å². The predicted octanol–water partition coefficient (Wildman–Crippen LogP) is 2.29. The highest BCUT2D eigenvalue weighted by Crippen LogP contribution is 2.25. The first-order chi connectivity index (χ1) is 8.22. The van der Waals surface area contributed by atoms with E-state index >= 15 is 0 Å². The summed E-state index contributed by atoms with van der Waals surface area (Å²) in [5.74, 6) is 1.56. The molecule has 0 fully saturated rings. The number of aliphatic hydroxyl groups is 1. The van der Waals surface area contributed by atoms with Gasteiger partial charge in [0.05, 0.1) is 11.2 Å². The molecule has 1 rings (SSSR count). The van der Waals surface area contributed by atoms with Gasteiger partial charge in [0, 0.05) is 0 Å². The summed E-state index contributed by atoms with van der Waals surface area (Å²) in [7, 11) is -1.05. The molecule has 4 heteroatoms. The maximum absolute atomic E-state index is 9.92. The Morgan fingerprint density at radius 1 is 1.11 bits per heavy atom. The standard InChI is InChI=1S/C14H21BO3/c1-13(2,16)14(3,4)18-15(17)11-10-12-8-6-5-7-9-12/h5-11,16-17H,1-4H3. The molecule has 1 aromatic rings. The third kappa shape index (κ3) is 4.29. The van der Waals surface area contributed by atoms with Gasteiger partial charge >= 0.3 is 7.12 Å². The van der Waals surface area contributed by atoms with Gasteiger partial charge in [-0.1, -0.05) is 42.4 Å². The molecule has 0 aliphatic carbocycles. The van der Waals surface area contributed by atoms with Crippen molar-refractivity contribution in [1.82, 2.24) is 0 Å². The van der Waals surface area contributed by atoms with Crippen LogP contribution in [0.15, 0.2) is 36.3 Å².